The summed E-state index contributed by atoms with van der Waals surface area (Å²) in [7, 11) is 1.53. The summed E-state index contributed by atoms with van der Waals surface area (Å²) in [5.41, 5.74) is 2.51. The average molecular weight is 404 g/mol. The van der Waals surface area contributed by atoms with E-state index in [0.717, 1.165) is 11.1 Å². The van der Waals surface area contributed by atoms with Gasteiger partial charge in [0.1, 0.15) is 5.75 Å². The lowest BCUT2D eigenvalue weighted by atomic mass is 10.2. The van der Waals surface area contributed by atoms with Crippen molar-refractivity contribution in [2.45, 2.75) is 18.6 Å². The highest BCUT2D eigenvalue weighted by Gasteiger charge is 2.13. The second kappa shape index (κ2) is 8.88. The molecule has 0 bridgehead atoms. The van der Waals surface area contributed by atoms with Crippen LogP contribution in [-0.2, 0) is 11.3 Å². The van der Waals surface area contributed by atoms with E-state index in [1.165, 1.54) is 18.9 Å². The summed E-state index contributed by atoms with van der Waals surface area (Å²) in [6.07, 6.45) is 0. The van der Waals surface area contributed by atoms with Crippen LogP contribution in [0.1, 0.15) is 11.1 Å². The first-order valence-corrected chi connectivity index (χ1v) is 9.50. The molecule has 1 aromatic heterocycles. The number of aromatic nitrogens is 4. The number of hydrogen-bond donors (Lipinski definition) is 1. The first kappa shape index (κ1) is 19.2. The minimum atomic E-state index is -0.186. The van der Waals surface area contributed by atoms with Gasteiger partial charge in [-0.25, -0.2) is 4.68 Å². The number of thioether (sulfide) groups is 1. The molecule has 140 valence electrons. The van der Waals surface area contributed by atoms with Gasteiger partial charge in [0.05, 0.1) is 25.1 Å². The van der Waals surface area contributed by atoms with Crippen molar-refractivity contribution in [3.8, 4) is 5.75 Å². The normalized spacial score (nSPS) is 10.6. The Morgan fingerprint density at radius 3 is 2.81 bits per heavy atom. The number of methoxy groups -OCH3 is 1. The van der Waals surface area contributed by atoms with E-state index in [-0.39, 0.29) is 11.7 Å². The third-order valence-electron chi connectivity index (χ3n) is 3.76. The Morgan fingerprint density at radius 1 is 1.30 bits per heavy atom. The fourth-order valence-corrected chi connectivity index (χ4v) is 3.23. The number of amides is 1. The minimum absolute atomic E-state index is 0.167. The number of carbonyl (C=O) groups is 1. The van der Waals surface area contributed by atoms with E-state index in [2.05, 4.69) is 20.8 Å². The lowest BCUT2D eigenvalue weighted by Crippen LogP contribution is -2.15. The molecule has 1 heterocycles. The maximum absolute atomic E-state index is 12.3. The third-order valence-corrected chi connectivity index (χ3v) is 5.13. The SMILES string of the molecule is COc1cc(Cl)c(C)cc1NC(=O)CSc1nnnn1Cc1ccccc1. The van der Waals surface area contributed by atoms with Gasteiger partial charge < -0.3 is 10.1 Å². The van der Waals surface area contributed by atoms with Crippen LogP contribution in [0.3, 0.4) is 0 Å². The van der Waals surface area contributed by atoms with Crippen molar-refractivity contribution < 1.29 is 9.53 Å². The van der Waals surface area contributed by atoms with Crippen LogP contribution in [0, 0.1) is 6.92 Å². The lowest BCUT2D eigenvalue weighted by Gasteiger charge is -2.12. The molecule has 9 heteroatoms. The molecule has 0 aliphatic heterocycles. The fraction of sp³-hybridized carbons (Fsp3) is 0.222. The van der Waals surface area contributed by atoms with Crippen LogP contribution in [0.5, 0.6) is 5.75 Å². The van der Waals surface area contributed by atoms with Gasteiger partial charge in [-0.05, 0) is 34.5 Å². The van der Waals surface area contributed by atoms with Crippen LogP contribution >= 0.6 is 23.4 Å². The monoisotopic (exact) mass is 403 g/mol. The Balaban J connectivity index is 1.62. The Morgan fingerprint density at radius 2 is 2.07 bits per heavy atom. The van der Waals surface area contributed by atoms with Crippen LogP contribution in [0.25, 0.3) is 0 Å². The van der Waals surface area contributed by atoms with Crippen LogP contribution in [0.15, 0.2) is 47.6 Å². The molecular weight excluding hydrogens is 386 g/mol. The highest BCUT2D eigenvalue weighted by atomic mass is 35.5. The van der Waals surface area contributed by atoms with E-state index in [4.69, 9.17) is 16.3 Å². The first-order valence-electron chi connectivity index (χ1n) is 8.13. The molecule has 0 spiro atoms. The smallest absolute Gasteiger partial charge is 0.234 e. The number of carbonyl (C=O) groups excluding carboxylic acids is 1. The number of tetrazole rings is 1. The van der Waals surface area contributed by atoms with E-state index in [0.29, 0.717) is 28.2 Å². The lowest BCUT2D eigenvalue weighted by molar-refractivity contribution is -0.113. The average Bonchev–Trinajstić information content (AvgIpc) is 3.10. The Hall–Kier alpha value is -2.58. The van der Waals surface area contributed by atoms with E-state index in [9.17, 15) is 4.79 Å². The van der Waals surface area contributed by atoms with Crippen molar-refractivity contribution in [3.63, 3.8) is 0 Å². The van der Waals surface area contributed by atoms with Gasteiger partial charge >= 0.3 is 0 Å². The number of ether oxygens (including phenoxy) is 1. The molecule has 0 saturated heterocycles. The number of nitrogens with one attached hydrogen (secondary N) is 1. The molecule has 2 aromatic carbocycles. The first-order chi connectivity index (χ1) is 13.1. The molecule has 0 fully saturated rings. The van der Waals surface area contributed by atoms with Crippen molar-refractivity contribution in [2.24, 2.45) is 0 Å². The molecule has 0 aliphatic rings. The van der Waals surface area contributed by atoms with Gasteiger partial charge in [-0.15, -0.1) is 5.10 Å². The summed E-state index contributed by atoms with van der Waals surface area (Å²) >= 11 is 7.36. The number of benzene rings is 2. The molecule has 0 saturated carbocycles. The zero-order valence-electron chi connectivity index (χ0n) is 14.8. The minimum Gasteiger partial charge on any atom is -0.495 e. The van der Waals surface area contributed by atoms with Gasteiger partial charge in [-0.1, -0.05) is 53.7 Å². The molecule has 3 aromatic rings. The van der Waals surface area contributed by atoms with Crippen LogP contribution in [0.4, 0.5) is 5.69 Å². The number of aryl methyl sites for hydroxylation is 1. The quantitative estimate of drug-likeness (QED) is 0.608. The van der Waals surface area contributed by atoms with E-state index >= 15 is 0 Å². The summed E-state index contributed by atoms with van der Waals surface area (Å²) in [4.78, 5) is 12.3. The van der Waals surface area contributed by atoms with Gasteiger partial charge in [-0.2, -0.15) is 0 Å². The Kier molecular flexibility index (Phi) is 6.31. The molecule has 7 nitrogen and oxygen atoms in total. The molecule has 0 atom stereocenters. The van der Waals surface area contributed by atoms with Gasteiger partial charge in [0.25, 0.3) is 0 Å². The number of halogens is 1. The second-order valence-corrected chi connectivity index (χ2v) is 7.09. The maximum Gasteiger partial charge on any atom is 0.234 e. The number of anilines is 1. The summed E-state index contributed by atoms with van der Waals surface area (Å²) < 4.78 is 6.94. The number of nitrogens with zero attached hydrogens (tertiary/aromatic N) is 4. The predicted molar refractivity (Wildman–Crippen MR) is 105 cm³/mol. The van der Waals surface area contributed by atoms with Crippen molar-refractivity contribution in [3.05, 3.63) is 58.6 Å². The molecule has 27 heavy (non-hydrogen) atoms. The van der Waals surface area contributed by atoms with Crippen molar-refractivity contribution in [1.29, 1.82) is 0 Å². The van der Waals surface area contributed by atoms with Crippen LogP contribution in [0.2, 0.25) is 5.02 Å². The van der Waals surface area contributed by atoms with Gasteiger partial charge in [0, 0.05) is 11.1 Å². The maximum atomic E-state index is 12.3. The highest BCUT2D eigenvalue weighted by molar-refractivity contribution is 7.99. The molecule has 0 unspecified atom stereocenters. The molecular formula is C18H18ClN5O2S. The van der Waals surface area contributed by atoms with Gasteiger partial charge in [0.2, 0.25) is 11.1 Å². The molecule has 0 radical (unpaired) electrons. The Bertz CT molecular complexity index is 933. The van der Waals surface area contributed by atoms with Gasteiger partial charge in [0.15, 0.2) is 0 Å². The summed E-state index contributed by atoms with van der Waals surface area (Å²) in [5.74, 6) is 0.493. The highest BCUT2D eigenvalue weighted by Crippen LogP contribution is 2.31. The summed E-state index contributed by atoms with van der Waals surface area (Å²) in [6.45, 7) is 2.41. The zero-order chi connectivity index (χ0) is 19.2. The second-order valence-electron chi connectivity index (χ2n) is 5.74. The molecule has 3 rings (SSSR count). The summed E-state index contributed by atoms with van der Waals surface area (Å²) in [5, 5.41) is 15.7. The van der Waals surface area contributed by atoms with E-state index < -0.39 is 0 Å². The third kappa shape index (κ3) is 4.99. The van der Waals surface area contributed by atoms with E-state index in [1.807, 2.05) is 37.3 Å². The van der Waals surface area contributed by atoms with E-state index in [1.54, 1.807) is 16.8 Å². The topological polar surface area (TPSA) is 81.9 Å². The van der Waals surface area contributed by atoms with Gasteiger partial charge in [-0.3, -0.25) is 4.79 Å². The van der Waals surface area contributed by atoms with Crippen LogP contribution < -0.4 is 10.1 Å². The van der Waals surface area contributed by atoms with Crippen LogP contribution in [-0.4, -0.2) is 39.0 Å². The molecule has 0 aliphatic carbocycles. The largest absolute Gasteiger partial charge is 0.495 e. The van der Waals surface area contributed by atoms with Crippen molar-refractivity contribution >= 4 is 35.0 Å². The molecule has 1 N–H and O–H groups in total. The summed E-state index contributed by atoms with van der Waals surface area (Å²) in [6, 6.07) is 13.3. The van der Waals surface area contributed by atoms with Crippen molar-refractivity contribution in [1.82, 2.24) is 20.2 Å². The van der Waals surface area contributed by atoms with Crippen molar-refractivity contribution in [2.75, 3.05) is 18.2 Å². The Labute approximate surface area is 166 Å². The zero-order valence-corrected chi connectivity index (χ0v) is 16.4. The molecule has 1 amide bonds. The standard InChI is InChI=1S/C18H18ClN5O2S/c1-12-8-15(16(26-2)9-14(12)19)20-17(25)11-27-18-21-22-23-24(18)10-13-6-4-3-5-7-13/h3-9H,10-11H2,1-2H3,(H,20,25). The predicted octanol–water partition coefficient (Wildman–Crippen LogP) is 3.42. The number of hydrogen-bond acceptors (Lipinski definition) is 6. The fourth-order valence-electron chi connectivity index (χ4n) is 2.40. The number of rotatable bonds is 7.